The van der Waals surface area contributed by atoms with Crippen LogP contribution in [0.2, 0.25) is 0 Å². The molecule has 94 valence electrons. The van der Waals surface area contributed by atoms with E-state index >= 15 is 0 Å². The van der Waals surface area contributed by atoms with Gasteiger partial charge in [-0.25, -0.2) is 4.79 Å². The SMILES string of the molecule is C/C=C/C(=O)OC(CC)CC(=O)[O-].C[NH2+]C. The van der Waals surface area contributed by atoms with Gasteiger partial charge in [0.1, 0.15) is 6.10 Å². The Kier molecular flexibility index (Phi) is 12.5. The van der Waals surface area contributed by atoms with Gasteiger partial charge in [0.15, 0.2) is 0 Å². The molecule has 2 N–H and O–H groups in total. The number of nitrogens with two attached hydrogens (primary N) is 1. The number of aliphatic carboxylic acids is 1. The Balaban J connectivity index is 0. The van der Waals surface area contributed by atoms with Gasteiger partial charge in [0.05, 0.1) is 14.1 Å². The number of ether oxygens (including phenoxy) is 1. The Labute approximate surface area is 96.5 Å². The number of hydrogen-bond donors (Lipinski definition) is 1. The zero-order valence-corrected chi connectivity index (χ0v) is 10.4. The minimum absolute atomic E-state index is 0.250. The Hall–Kier alpha value is -1.36. The van der Waals surface area contributed by atoms with E-state index in [1.54, 1.807) is 13.8 Å². The molecule has 16 heavy (non-hydrogen) atoms. The summed E-state index contributed by atoms with van der Waals surface area (Å²) in [6.07, 6.45) is 2.41. The van der Waals surface area contributed by atoms with E-state index in [0.29, 0.717) is 6.42 Å². The number of hydrogen-bond acceptors (Lipinski definition) is 4. The van der Waals surface area contributed by atoms with Gasteiger partial charge < -0.3 is 20.0 Å². The molecular weight excluding hydrogens is 210 g/mol. The summed E-state index contributed by atoms with van der Waals surface area (Å²) in [6, 6.07) is 0. The molecule has 0 rings (SSSR count). The summed E-state index contributed by atoms with van der Waals surface area (Å²) >= 11 is 0. The monoisotopic (exact) mass is 231 g/mol. The number of carboxylic acid groups (broad SMARTS) is 1. The second-order valence-corrected chi connectivity index (χ2v) is 3.12. The third kappa shape index (κ3) is 12.6. The van der Waals surface area contributed by atoms with E-state index in [0.717, 1.165) is 0 Å². The lowest BCUT2D eigenvalue weighted by Crippen LogP contribution is -2.74. The Morgan fingerprint density at radius 1 is 1.44 bits per heavy atom. The van der Waals surface area contributed by atoms with Crippen LogP contribution < -0.4 is 10.4 Å². The van der Waals surface area contributed by atoms with Gasteiger partial charge in [-0.15, -0.1) is 0 Å². The first-order valence-electron chi connectivity index (χ1n) is 5.28. The van der Waals surface area contributed by atoms with E-state index < -0.39 is 18.0 Å². The lowest BCUT2D eigenvalue weighted by Gasteiger charge is -2.14. The normalized spacial score (nSPS) is 11.5. The molecule has 1 unspecified atom stereocenters. The van der Waals surface area contributed by atoms with Crippen molar-refractivity contribution in [3.05, 3.63) is 12.2 Å². The van der Waals surface area contributed by atoms with E-state index in [1.807, 2.05) is 19.4 Å². The van der Waals surface area contributed by atoms with Gasteiger partial charge in [0, 0.05) is 18.5 Å². The fourth-order valence-electron chi connectivity index (χ4n) is 0.795. The Bertz CT molecular complexity index is 226. The minimum atomic E-state index is -1.21. The van der Waals surface area contributed by atoms with Crippen LogP contribution in [-0.2, 0) is 14.3 Å². The van der Waals surface area contributed by atoms with E-state index in [4.69, 9.17) is 4.74 Å². The molecule has 5 heteroatoms. The summed E-state index contributed by atoms with van der Waals surface area (Å²) in [5, 5.41) is 12.2. The van der Waals surface area contributed by atoms with Crippen LogP contribution in [0.4, 0.5) is 0 Å². The molecule has 0 heterocycles. The molecular formula is C11H21NO4. The summed E-state index contributed by atoms with van der Waals surface area (Å²) in [7, 11) is 4.00. The molecule has 0 saturated carbocycles. The Morgan fingerprint density at radius 2 is 1.94 bits per heavy atom. The Morgan fingerprint density at radius 3 is 2.25 bits per heavy atom. The largest absolute Gasteiger partial charge is 0.550 e. The third-order valence-corrected chi connectivity index (χ3v) is 1.44. The summed E-state index contributed by atoms with van der Waals surface area (Å²) in [6.45, 7) is 3.43. The fraction of sp³-hybridized carbons (Fsp3) is 0.636. The maximum Gasteiger partial charge on any atom is 0.330 e. The molecule has 0 saturated heterocycles. The van der Waals surface area contributed by atoms with Crippen LogP contribution in [0.3, 0.4) is 0 Å². The molecule has 0 aliphatic heterocycles. The van der Waals surface area contributed by atoms with Crippen molar-refractivity contribution in [2.45, 2.75) is 32.8 Å². The highest BCUT2D eigenvalue weighted by Crippen LogP contribution is 2.03. The van der Waals surface area contributed by atoms with Crippen LogP contribution >= 0.6 is 0 Å². The summed E-state index contributed by atoms with van der Waals surface area (Å²) in [5.74, 6) is -1.73. The van der Waals surface area contributed by atoms with Gasteiger partial charge in [-0.3, -0.25) is 0 Å². The van der Waals surface area contributed by atoms with E-state index in [1.165, 1.54) is 12.2 Å². The predicted octanol–water partition coefficient (Wildman–Crippen LogP) is -1.17. The fourth-order valence-corrected chi connectivity index (χ4v) is 0.795. The van der Waals surface area contributed by atoms with Crippen LogP contribution in [0, 0.1) is 0 Å². The quantitative estimate of drug-likeness (QED) is 0.477. The van der Waals surface area contributed by atoms with Crippen molar-refractivity contribution in [3.8, 4) is 0 Å². The average molecular weight is 231 g/mol. The highest BCUT2D eigenvalue weighted by Gasteiger charge is 2.10. The first-order chi connectivity index (χ1) is 7.51. The summed E-state index contributed by atoms with van der Waals surface area (Å²) in [4.78, 5) is 21.1. The van der Waals surface area contributed by atoms with Crippen LogP contribution in [0.15, 0.2) is 12.2 Å². The smallest absolute Gasteiger partial charge is 0.330 e. The van der Waals surface area contributed by atoms with E-state index in [-0.39, 0.29) is 6.42 Å². The van der Waals surface area contributed by atoms with Crippen molar-refractivity contribution in [1.29, 1.82) is 0 Å². The van der Waals surface area contributed by atoms with E-state index in [2.05, 4.69) is 0 Å². The zero-order valence-electron chi connectivity index (χ0n) is 10.4. The molecule has 0 aromatic carbocycles. The first-order valence-corrected chi connectivity index (χ1v) is 5.28. The number of carbonyl (C=O) groups excluding carboxylic acids is 2. The topological polar surface area (TPSA) is 83.0 Å². The second-order valence-electron chi connectivity index (χ2n) is 3.12. The lowest BCUT2D eigenvalue weighted by atomic mass is 10.2. The number of carbonyl (C=O) groups is 2. The van der Waals surface area contributed by atoms with Gasteiger partial charge >= 0.3 is 5.97 Å². The third-order valence-electron chi connectivity index (χ3n) is 1.44. The first kappa shape index (κ1) is 17.0. The number of carboxylic acids is 1. The van der Waals surface area contributed by atoms with Gasteiger partial charge in [-0.05, 0) is 13.3 Å². The average Bonchev–Trinajstić information content (AvgIpc) is 2.17. The second kappa shape index (κ2) is 11.7. The van der Waals surface area contributed by atoms with Crippen molar-refractivity contribution in [2.24, 2.45) is 0 Å². The maximum absolute atomic E-state index is 10.9. The highest BCUT2D eigenvalue weighted by molar-refractivity contribution is 5.82. The predicted molar refractivity (Wildman–Crippen MR) is 58.4 cm³/mol. The van der Waals surface area contributed by atoms with Crippen molar-refractivity contribution in [1.82, 2.24) is 0 Å². The van der Waals surface area contributed by atoms with Gasteiger partial charge in [-0.2, -0.15) is 0 Å². The van der Waals surface area contributed by atoms with Gasteiger partial charge in [-0.1, -0.05) is 13.0 Å². The molecule has 0 radical (unpaired) electrons. The molecule has 0 aliphatic rings. The highest BCUT2D eigenvalue weighted by atomic mass is 16.5. The van der Waals surface area contributed by atoms with Crippen LogP contribution in [0.1, 0.15) is 26.7 Å². The summed E-state index contributed by atoms with van der Waals surface area (Å²) < 4.78 is 4.80. The lowest BCUT2D eigenvalue weighted by molar-refractivity contribution is -0.597. The minimum Gasteiger partial charge on any atom is -0.550 e. The van der Waals surface area contributed by atoms with Crippen LogP contribution in [0.5, 0.6) is 0 Å². The molecule has 0 bridgehead atoms. The van der Waals surface area contributed by atoms with Crippen molar-refractivity contribution in [3.63, 3.8) is 0 Å². The number of rotatable bonds is 5. The number of esters is 1. The molecule has 0 aliphatic carbocycles. The van der Waals surface area contributed by atoms with Gasteiger partial charge in [0.25, 0.3) is 0 Å². The molecule has 1 atom stereocenters. The van der Waals surface area contributed by atoms with Crippen molar-refractivity contribution >= 4 is 11.9 Å². The van der Waals surface area contributed by atoms with Gasteiger partial charge in [0.2, 0.25) is 0 Å². The standard InChI is InChI=1S/C9H14O4.C2H7N/c1-3-5-9(12)13-7(4-2)6-8(10)11;1-3-2/h3,5,7H,4,6H2,1-2H3,(H,10,11);3H,1-2H3/b5-3+;. The zero-order chi connectivity index (χ0) is 13.0. The van der Waals surface area contributed by atoms with Crippen molar-refractivity contribution in [2.75, 3.05) is 14.1 Å². The molecule has 0 fully saturated rings. The summed E-state index contributed by atoms with van der Waals surface area (Å²) in [5.41, 5.74) is 0. The maximum atomic E-state index is 10.9. The molecule has 0 amide bonds. The van der Waals surface area contributed by atoms with Crippen molar-refractivity contribution < 1.29 is 24.7 Å². The van der Waals surface area contributed by atoms with E-state index in [9.17, 15) is 14.7 Å². The molecule has 0 aromatic heterocycles. The molecule has 0 spiro atoms. The van der Waals surface area contributed by atoms with Crippen LogP contribution in [-0.4, -0.2) is 32.1 Å². The van der Waals surface area contributed by atoms with Crippen LogP contribution in [0.25, 0.3) is 0 Å². The molecule has 5 nitrogen and oxygen atoms in total. The number of allylic oxidation sites excluding steroid dienone is 1. The molecule has 0 aromatic rings. The number of quaternary nitrogens is 1.